The zero-order valence-corrected chi connectivity index (χ0v) is 12.1. The number of nitrogens with zero attached hydrogens (tertiary/aromatic N) is 1. The molecule has 0 spiro atoms. The molecule has 1 aromatic carbocycles. The second-order valence-corrected chi connectivity index (χ2v) is 7.78. The van der Waals surface area contributed by atoms with Crippen molar-refractivity contribution in [2.75, 3.05) is 11.5 Å². The molecular formula is C15H15NO4S. The number of aliphatic carboxylic acids is 1. The van der Waals surface area contributed by atoms with Crippen LogP contribution < -0.4 is 0 Å². The van der Waals surface area contributed by atoms with E-state index in [0.717, 1.165) is 10.9 Å². The van der Waals surface area contributed by atoms with Gasteiger partial charge >= 0.3 is 5.97 Å². The Balaban J connectivity index is 1.97. The fraction of sp³-hybridized carbons (Fsp3) is 0.333. The molecule has 1 aliphatic heterocycles. The highest BCUT2D eigenvalue weighted by atomic mass is 32.2. The van der Waals surface area contributed by atoms with Crippen LogP contribution in [0, 0.1) is 5.41 Å². The molecule has 110 valence electrons. The number of hydrogen-bond donors (Lipinski definition) is 1. The van der Waals surface area contributed by atoms with Crippen molar-refractivity contribution in [3.8, 4) is 0 Å². The fourth-order valence-electron chi connectivity index (χ4n) is 2.85. The Hall–Kier alpha value is -1.95. The van der Waals surface area contributed by atoms with Crippen LogP contribution in [0.15, 0.2) is 36.4 Å². The van der Waals surface area contributed by atoms with Gasteiger partial charge in [-0.3, -0.25) is 9.78 Å². The van der Waals surface area contributed by atoms with Crippen LogP contribution in [0.2, 0.25) is 0 Å². The molecule has 2 heterocycles. The first-order chi connectivity index (χ1) is 9.90. The molecule has 2 aromatic rings. The highest BCUT2D eigenvalue weighted by Gasteiger charge is 2.48. The lowest BCUT2D eigenvalue weighted by molar-refractivity contribution is -0.147. The first kappa shape index (κ1) is 14.0. The Labute approximate surface area is 122 Å². The lowest BCUT2D eigenvalue weighted by Gasteiger charge is -2.21. The summed E-state index contributed by atoms with van der Waals surface area (Å²) in [4.78, 5) is 16.0. The normalized spacial score (nSPS) is 24.2. The van der Waals surface area contributed by atoms with Crippen LogP contribution >= 0.6 is 0 Å². The molecule has 1 unspecified atom stereocenters. The number of para-hydroxylation sites is 1. The third-order valence-corrected chi connectivity index (χ3v) is 5.84. The number of sulfone groups is 1. The fourth-order valence-corrected chi connectivity index (χ4v) is 4.91. The summed E-state index contributed by atoms with van der Waals surface area (Å²) in [5, 5.41) is 10.5. The van der Waals surface area contributed by atoms with Gasteiger partial charge < -0.3 is 5.11 Å². The molecule has 0 radical (unpaired) electrons. The Morgan fingerprint density at radius 1 is 1.24 bits per heavy atom. The minimum absolute atomic E-state index is 0.0626. The summed E-state index contributed by atoms with van der Waals surface area (Å²) in [6.45, 7) is 0. The van der Waals surface area contributed by atoms with Crippen LogP contribution in [-0.2, 0) is 21.1 Å². The van der Waals surface area contributed by atoms with E-state index in [9.17, 15) is 18.3 Å². The van der Waals surface area contributed by atoms with Crippen molar-refractivity contribution in [2.24, 2.45) is 5.41 Å². The number of rotatable bonds is 3. The average molecular weight is 305 g/mol. The number of carboxylic acids is 1. The molecule has 1 fully saturated rings. The highest BCUT2D eigenvalue weighted by Crippen LogP contribution is 2.36. The largest absolute Gasteiger partial charge is 0.481 e. The third kappa shape index (κ3) is 2.63. The molecule has 0 bridgehead atoms. The highest BCUT2D eigenvalue weighted by molar-refractivity contribution is 7.91. The van der Waals surface area contributed by atoms with Crippen LogP contribution in [-0.4, -0.2) is 36.0 Å². The number of carbonyl (C=O) groups is 1. The van der Waals surface area contributed by atoms with Gasteiger partial charge in [0, 0.05) is 17.5 Å². The van der Waals surface area contributed by atoms with E-state index in [1.807, 2.05) is 30.3 Å². The van der Waals surface area contributed by atoms with E-state index in [-0.39, 0.29) is 24.3 Å². The molecule has 3 rings (SSSR count). The van der Waals surface area contributed by atoms with Gasteiger partial charge in [0.2, 0.25) is 0 Å². The van der Waals surface area contributed by atoms with Crippen molar-refractivity contribution in [1.82, 2.24) is 4.98 Å². The topological polar surface area (TPSA) is 84.3 Å². The zero-order valence-electron chi connectivity index (χ0n) is 11.3. The van der Waals surface area contributed by atoms with Crippen LogP contribution in [0.1, 0.15) is 12.1 Å². The van der Waals surface area contributed by atoms with Gasteiger partial charge in [-0.1, -0.05) is 24.3 Å². The molecule has 5 nitrogen and oxygen atoms in total. The van der Waals surface area contributed by atoms with E-state index < -0.39 is 21.2 Å². The Bertz CT molecular complexity index is 815. The summed E-state index contributed by atoms with van der Waals surface area (Å²) < 4.78 is 23.3. The summed E-state index contributed by atoms with van der Waals surface area (Å²) in [7, 11) is -3.27. The van der Waals surface area contributed by atoms with Crippen molar-refractivity contribution in [1.29, 1.82) is 0 Å². The minimum Gasteiger partial charge on any atom is -0.481 e. The molecule has 0 aliphatic carbocycles. The first-order valence-corrected chi connectivity index (χ1v) is 8.51. The molecule has 1 saturated heterocycles. The molecule has 1 atom stereocenters. The van der Waals surface area contributed by atoms with Crippen LogP contribution in [0.25, 0.3) is 10.9 Å². The van der Waals surface area contributed by atoms with Crippen LogP contribution in [0.3, 0.4) is 0 Å². The van der Waals surface area contributed by atoms with E-state index in [1.165, 1.54) is 0 Å². The smallest absolute Gasteiger partial charge is 0.311 e. The second-order valence-electron chi connectivity index (χ2n) is 5.60. The Morgan fingerprint density at radius 3 is 2.67 bits per heavy atom. The quantitative estimate of drug-likeness (QED) is 0.932. The maximum absolute atomic E-state index is 11.7. The van der Waals surface area contributed by atoms with Crippen LogP contribution in [0.4, 0.5) is 0 Å². The second kappa shape index (κ2) is 4.80. The Kier molecular flexibility index (Phi) is 3.20. The average Bonchev–Trinajstić information content (AvgIpc) is 2.75. The van der Waals surface area contributed by atoms with Crippen molar-refractivity contribution < 1.29 is 18.3 Å². The summed E-state index contributed by atoms with van der Waals surface area (Å²) >= 11 is 0. The lowest BCUT2D eigenvalue weighted by atomic mass is 9.82. The maximum Gasteiger partial charge on any atom is 0.311 e. The van der Waals surface area contributed by atoms with Crippen molar-refractivity contribution >= 4 is 26.7 Å². The monoisotopic (exact) mass is 305 g/mol. The third-order valence-electron chi connectivity index (χ3n) is 4.02. The number of hydrogen-bond acceptors (Lipinski definition) is 4. The summed E-state index contributed by atoms with van der Waals surface area (Å²) in [6, 6.07) is 11.2. The summed E-state index contributed by atoms with van der Waals surface area (Å²) in [5.74, 6) is -1.42. The lowest BCUT2D eigenvalue weighted by Crippen LogP contribution is -2.35. The summed E-state index contributed by atoms with van der Waals surface area (Å²) in [6.07, 6.45) is 0.297. The minimum atomic E-state index is -3.27. The van der Waals surface area contributed by atoms with Gasteiger partial charge in [0.25, 0.3) is 0 Å². The van der Waals surface area contributed by atoms with E-state index in [2.05, 4.69) is 4.98 Å². The number of aromatic nitrogens is 1. The molecule has 1 aliphatic rings. The van der Waals surface area contributed by atoms with Gasteiger partial charge in [-0.05, 0) is 18.6 Å². The van der Waals surface area contributed by atoms with Gasteiger partial charge in [0.1, 0.15) is 0 Å². The standard InChI is InChI=1S/C15H15NO4S/c17-14(18)15(7-8-21(19,20)10-15)9-12-6-5-11-3-1-2-4-13(11)16-12/h1-6H,7-10H2,(H,17,18). The molecule has 0 saturated carbocycles. The molecule has 1 aromatic heterocycles. The van der Waals surface area contributed by atoms with E-state index in [4.69, 9.17) is 0 Å². The predicted octanol–water partition coefficient (Wildman–Crippen LogP) is 1.67. The molecular weight excluding hydrogens is 290 g/mol. The molecule has 21 heavy (non-hydrogen) atoms. The number of benzene rings is 1. The van der Waals surface area contributed by atoms with Gasteiger partial charge in [-0.25, -0.2) is 8.42 Å². The van der Waals surface area contributed by atoms with Gasteiger partial charge in [-0.2, -0.15) is 0 Å². The van der Waals surface area contributed by atoms with Crippen LogP contribution in [0.5, 0.6) is 0 Å². The van der Waals surface area contributed by atoms with E-state index in [1.54, 1.807) is 6.07 Å². The zero-order chi connectivity index (χ0) is 15.1. The van der Waals surface area contributed by atoms with Crippen molar-refractivity contribution in [2.45, 2.75) is 12.8 Å². The summed E-state index contributed by atoms with van der Waals surface area (Å²) in [5.41, 5.74) is 0.165. The molecule has 0 amide bonds. The van der Waals surface area contributed by atoms with Gasteiger partial charge in [-0.15, -0.1) is 0 Å². The SMILES string of the molecule is O=C(O)C1(Cc2ccc3ccccc3n2)CCS(=O)(=O)C1. The van der Waals surface area contributed by atoms with Crippen molar-refractivity contribution in [3.63, 3.8) is 0 Å². The van der Waals surface area contributed by atoms with Crippen molar-refractivity contribution in [3.05, 3.63) is 42.1 Å². The predicted molar refractivity (Wildman–Crippen MR) is 78.8 cm³/mol. The number of fused-ring (bicyclic) bond motifs is 1. The number of carboxylic acid groups (broad SMARTS) is 1. The van der Waals surface area contributed by atoms with E-state index >= 15 is 0 Å². The first-order valence-electron chi connectivity index (χ1n) is 6.69. The molecule has 6 heteroatoms. The molecule has 1 N–H and O–H groups in total. The van der Waals surface area contributed by atoms with Gasteiger partial charge in [0.15, 0.2) is 9.84 Å². The maximum atomic E-state index is 11.7. The number of pyridine rings is 1. The van der Waals surface area contributed by atoms with Gasteiger partial charge in [0.05, 0.1) is 22.4 Å². The van der Waals surface area contributed by atoms with E-state index in [0.29, 0.717) is 5.69 Å². The Morgan fingerprint density at radius 2 is 2.00 bits per heavy atom.